The second kappa shape index (κ2) is 7.17. The lowest BCUT2D eigenvalue weighted by molar-refractivity contribution is 0.151. The van der Waals surface area contributed by atoms with Crippen LogP contribution in [-0.4, -0.2) is 64.1 Å². The van der Waals surface area contributed by atoms with Crippen LogP contribution in [0.4, 0.5) is 0 Å². The molecule has 0 bridgehead atoms. The van der Waals surface area contributed by atoms with Crippen LogP contribution in [0.25, 0.3) is 0 Å². The van der Waals surface area contributed by atoms with Gasteiger partial charge in [-0.2, -0.15) is 4.31 Å². The summed E-state index contributed by atoms with van der Waals surface area (Å²) in [6, 6.07) is 8.66. The number of ether oxygens (including phenoxy) is 1. The first-order valence-corrected chi connectivity index (χ1v) is 8.35. The Morgan fingerprint density at radius 1 is 1.10 bits per heavy atom. The van der Waals surface area contributed by atoms with Gasteiger partial charge in [0.1, 0.15) is 0 Å². The first-order valence-electron chi connectivity index (χ1n) is 6.91. The zero-order valence-electron chi connectivity index (χ0n) is 11.9. The molecule has 1 aromatic carbocycles. The number of methoxy groups -OCH3 is 1. The van der Waals surface area contributed by atoms with E-state index in [1.165, 1.54) is 0 Å². The fourth-order valence-corrected chi connectivity index (χ4v) is 3.86. The molecule has 1 fully saturated rings. The molecule has 0 spiro atoms. The topological polar surface area (TPSA) is 49.9 Å². The van der Waals surface area contributed by atoms with Crippen molar-refractivity contribution in [2.75, 3.05) is 46.4 Å². The molecule has 0 N–H and O–H groups in total. The predicted octanol–water partition coefficient (Wildman–Crippen LogP) is 1.03. The Kier molecular flexibility index (Phi) is 5.54. The van der Waals surface area contributed by atoms with Crippen LogP contribution >= 0.6 is 0 Å². The van der Waals surface area contributed by atoms with E-state index < -0.39 is 10.0 Å². The minimum atomic E-state index is -3.35. The molecule has 0 radical (unpaired) electrons. The van der Waals surface area contributed by atoms with Gasteiger partial charge in [0.25, 0.3) is 0 Å². The minimum Gasteiger partial charge on any atom is -0.383 e. The molecule has 0 aromatic heterocycles. The number of hydrogen-bond acceptors (Lipinski definition) is 4. The van der Waals surface area contributed by atoms with Gasteiger partial charge in [0.15, 0.2) is 0 Å². The van der Waals surface area contributed by atoms with Crippen LogP contribution in [0.5, 0.6) is 0 Å². The third-order valence-electron chi connectivity index (χ3n) is 3.54. The average Bonchev–Trinajstić information content (AvgIpc) is 2.72. The second-order valence-electron chi connectivity index (χ2n) is 4.91. The lowest BCUT2D eigenvalue weighted by Crippen LogP contribution is -2.36. The monoisotopic (exact) mass is 298 g/mol. The molecular weight excluding hydrogens is 276 g/mol. The van der Waals surface area contributed by atoms with Gasteiger partial charge in [-0.05, 0) is 25.1 Å². The van der Waals surface area contributed by atoms with Crippen LogP contribution in [0.2, 0.25) is 0 Å². The normalized spacial score (nSPS) is 18.9. The Bertz CT molecular complexity index is 504. The summed E-state index contributed by atoms with van der Waals surface area (Å²) in [5.74, 6) is 0. The Morgan fingerprint density at radius 2 is 1.85 bits per heavy atom. The zero-order valence-corrected chi connectivity index (χ0v) is 12.7. The highest BCUT2D eigenvalue weighted by Crippen LogP contribution is 2.17. The molecule has 0 unspecified atom stereocenters. The second-order valence-corrected chi connectivity index (χ2v) is 6.84. The molecule has 0 saturated carbocycles. The minimum absolute atomic E-state index is 0.380. The Balaban J connectivity index is 2.03. The van der Waals surface area contributed by atoms with E-state index in [2.05, 4.69) is 4.90 Å². The third-order valence-corrected chi connectivity index (χ3v) is 5.45. The van der Waals surface area contributed by atoms with E-state index in [4.69, 9.17) is 4.74 Å². The van der Waals surface area contributed by atoms with Gasteiger partial charge in [0.2, 0.25) is 10.0 Å². The van der Waals surface area contributed by atoms with E-state index in [1.807, 2.05) is 6.07 Å². The van der Waals surface area contributed by atoms with Crippen LogP contribution in [0.1, 0.15) is 6.42 Å². The van der Waals surface area contributed by atoms with Crippen LogP contribution in [-0.2, 0) is 14.8 Å². The maximum absolute atomic E-state index is 12.5. The van der Waals surface area contributed by atoms with Crippen molar-refractivity contribution in [3.05, 3.63) is 30.3 Å². The van der Waals surface area contributed by atoms with Crippen LogP contribution < -0.4 is 0 Å². The van der Waals surface area contributed by atoms with E-state index in [0.29, 0.717) is 24.6 Å². The highest BCUT2D eigenvalue weighted by Gasteiger charge is 2.26. The third kappa shape index (κ3) is 3.79. The molecule has 5 nitrogen and oxygen atoms in total. The SMILES string of the molecule is COCCN1CCCN(S(=O)(=O)c2ccccc2)CC1. The molecule has 112 valence electrons. The van der Waals surface area contributed by atoms with Gasteiger partial charge < -0.3 is 4.74 Å². The molecule has 2 rings (SSSR count). The van der Waals surface area contributed by atoms with Crippen molar-refractivity contribution < 1.29 is 13.2 Å². The van der Waals surface area contributed by atoms with Crippen molar-refractivity contribution in [1.82, 2.24) is 9.21 Å². The number of benzene rings is 1. The summed E-state index contributed by atoms with van der Waals surface area (Å²) in [4.78, 5) is 2.63. The first kappa shape index (κ1) is 15.4. The summed E-state index contributed by atoms with van der Waals surface area (Å²) >= 11 is 0. The van der Waals surface area contributed by atoms with Gasteiger partial charge in [-0.15, -0.1) is 0 Å². The van der Waals surface area contributed by atoms with Gasteiger partial charge >= 0.3 is 0 Å². The summed E-state index contributed by atoms with van der Waals surface area (Å²) in [5, 5.41) is 0. The Hall–Kier alpha value is -0.950. The van der Waals surface area contributed by atoms with Crippen LogP contribution in [0, 0.1) is 0 Å². The molecule has 0 aliphatic carbocycles. The van der Waals surface area contributed by atoms with Gasteiger partial charge in [-0.25, -0.2) is 8.42 Å². The quantitative estimate of drug-likeness (QED) is 0.815. The highest BCUT2D eigenvalue weighted by atomic mass is 32.2. The number of rotatable bonds is 5. The van der Waals surface area contributed by atoms with Gasteiger partial charge in [-0.3, -0.25) is 4.90 Å². The maximum atomic E-state index is 12.5. The molecule has 6 heteroatoms. The number of nitrogens with zero attached hydrogens (tertiary/aromatic N) is 2. The van der Waals surface area contributed by atoms with Crippen LogP contribution in [0.3, 0.4) is 0 Å². The van der Waals surface area contributed by atoms with E-state index in [-0.39, 0.29) is 0 Å². The Labute approximate surface area is 121 Å². The van der Waals surface area contributed by atoms with Gasteiger partial charge in [0, 0.05) is 33.3 Å². The molecule has 1 aliphatic heterocycles. The molecule has 1 aliphatic rings. The van der Waals surface area contributed by atoms with Crippen molar-refractivity contribution in [2.24, 2.45) is 0 Å². The van der Waals surface area contributed by atoms with Crippen LogP contribution in [0.15, 0.2) is 35.2 Å². The lowest BCUT2D eigenvalue weighted by Gasteiger charge is -2.21. The number of hydrogen-bond donors (Lipinski definition) is 0. The molecule has 1 aromatic rings. The fraction of sp³-hybridized carbons (Fsp3) is 0.571. The van der Waals surface area contributed by atoms with Gasteiger partial charge in [-0.1, -0.05) is 18.2 Å². The summed E-state index contributed by atoms with van der Waals surface area (Å²) in [7, 11) is -1.67. The Morgan fingerprint density at radius 3 is 2.55 bits per heavy atom. The van der Waals surface area contributed by atoms with Crippen molar-refractivity contribution in [3.63, 3.8) is 0 Å². The van der Waals surface area contributed by atoms with E-state index in [9.17, 15) is 8.42 Å². The molecule has 0 atom stereocenters. The van der Waals surface area contributed by atoms with E-state index >= 15 is 0 Å². The highest BCUT2D eigenvalue weighted by molar-refractivity contribution is 7.89. The fourth-order valence-electron chi connectivity index (χ4n) is 2.37. The van der Waals surface area contributed by atoms with Crippen molar-refractivity contribution >= 4 is 10.0 Å². The largest absolute Gasteiger partial charge is 0.383 e. The first-order chi connectivity index (χ1) is 9.64. The molecular formula is C14H22N2O3S. The number of sulfonamides is 1. The molecule has 0 amide bonds. The zero-order chi connectivity index (χ0) is 14.4. The van der Waals surface area contributed by atoms with E-state index in [0.717, 1.165) is 26.1 Å². The van der Waals surface area contributed by atoms with E-state index in [1.54, 1.807) is 35.7 Å². The standard InChI is InChI=1S/C14H22N2O3S/c1-19-13-12-15-8-5-9-16(11-10-15)20(17,18)14-6-3-2-4-7-14/h2-4,6-7H,5,8-13H2,1H3. The van der Waals surface area contributed by atoms with Crippen molar-refractivity contribution in [2.45, 2.75) is 11.3 Å². The van der Waals surface area contributed by atoms with Crippen molar-refractivity contribution in [3.8, 4) is 0 Å². The summed E-state index contributed by atoms with van der Waals surface area (Å²) in [6.07, 6.45) is 0.857. The maximum Gasteiger partial charge on any atom is 0.243 e. The molecule has 20 heavy (non-hydrogen) atoms. The molecule has 1 saturated heterocycles. The van der Waals surface area contributed by atoms with Crippen molar-refractivity contribution in [1.29, 1.82) is 0 Å². The summed E-state index contributed by atoms with van der Waals surface area (Å²) in [5.41, 5.74) is 0. The lowest BCUT2D eigenvalue weighted by atomic mass is 10.4. The average molecular weight is 298 g/mol. The smallest absolute Gasteiger partial charge is 0.243 e. The summed E-state index contributed by atoms with van der Waals surface area (Å²) in [6.45, 7) is 4.35. The molecule has 1 heterocycles. The predicted molar refractivity (Wildman–Crippen MR) is 78.1 cm³/mol. The van der Waals surface area contributed by atoms with Gasteiger partial charge in [0.05, 0.1) is 11.5 Å². The summed E-state index contributed by atoms with van der Waals surface area (Å²) < 4.78 is 31.8.